The van der Waals surface area contributed by atoms with Crippen LogP contribution >= 0.6 is 0 Å². The molecule has 0 aliphatic heterocycles. The highest BCUT2D eigenvalue weighted by Gasteiger charge is 2.23. The summed E-state index contributed by atoms with van der Waals surface area (Å²) in [7, 11) is -2.28. The quantitative estimate of drug-likeness (QED) is 0.806. The number of ether oxygens (including phenoxy) is 1. The number of rotatable bonds is 7. The van der Waals surface area contributed by atoms with Crippen LogP contribution in [-0.4, -0.2) is 33.3 Å². The van der Waals surface area contributed by atoms with Gasteiger partial charge in [-0.25, -0.2) is 13.1 Å². The summed E-state index contributed by atoms with van der Waals surface area (Å²) < 4.78 is 32.5. The molecule has 0 aliphatic carbocycles. The molecule has 0 amide bonds. The van der Waals surface area contributed by atoms with Crippen molar-refractivity contribution in [1.29, 1.82) is 0 Å². The molecule has 0 saturated carbocycles. The number of aliphatic hydroxyl groups is 1. The number of benzene rings is 1. The Hall–Kier alpha value is -1.11. The van der Waals surface area contributed by atoms with Crippen LogP contribution in [0.2, 0.25) is 0 Å². The summed E-state index contributed by atoms with van der Waals surface area (Å²) >= 11 is 0. The van der Waals surface area contributed by atoms with E-state index in [9.17, 15) is 8.42 Å². The van der Waals surface area contributed by atoms with Gasteiger partial charge in [-0.15, -0.1) is 0 Å². The highest BCUT2D eigenvalue weighted by molar-refractivity contribution is 7.89. The zero-order valence-corrected chi connectivity index (χ0v) is 13.2. The second kappa shape index (κ2) is 7.06. The molecule has 0 fully saturated rings. The van der Waals surface area contributed by atoms with E-state index in [0.29, 0.717) is 12.2 Å². The molecule has 6 heteroatoms. The van der Waals surface area contributed by atoms with Gasteiger partial charge in [-0.2, -0.15) is 0 Å². The molecule has 0 bridgehead atoms. The van der Waals surface area contributed by atoms with E-state index in [4.69, 9.17) is 9.84 Å². The summed E-state index contributed by atoms with van der Waals surface area (Å²) in [4.78, 5) is 0.109. The van der Waals surface area contributed by atoms with Crippen molar-refractivity contribution in [1.82, 2.24) is 4.72 Å². The van der Waals surface area contributed by atoms with Gasteiger partial charge < -0.3 is 9.84 Å². The third kappa shape index (κ3) is 3.94. The second-order valence-electron chi connectivity index (χ2n) is 4.97. The molecule has 114 valence electrons. The highest BCUT2D eigenvalue weighted by Crippen LogP contribution is 2.28. The van der Waals surface area contributed by atoms with E-state index in [0.717, 1.165) is 5.56 Å². The second-order valence-corrected chi connectivity index (χ2v) is 6.66. The van der Waals surface area contributed by atoms with E-state index in [2.05, 4.69) is 4.72 Å². The third-order valence-corrected chi connectivity index (χ3v) is 4.72. The number of hydrogen-bond donors (Lipinski definition) is 2. The Labute approximate surface area is 121 Å². The lowest BCUT2D eigenvalue weighted by atomic mass is 10.0. The monoisotopic (exact) mass is 301 g/mol. The number of sulfonamides is 1. The Kier molecular flexibility index (Phi) is 5.98. The first-order valence-corrected chi connectivity index (χ1v) is 8.15. The normalized spacial score (nSPS) is 13.5. The molecule has 0 unspecified atom stereocenters. The van der Waals surface area contributed by atoms with E-state index in [1.165, 1.54) is 7.11 Å². The number of methoxy groups -OCH3 is 1. The van der Waals surface area contributed by atoms with Crippen LogP contribution < -0.4 is 9.46 Å². The Morgan fingerprint density at radius 3 is 2.45 bits per heavy atom. The summed E-state index contributed by atoms with van der Waals surface area (Å²) in [6.45, 7) is 5.56. The maximum absolute atomic E-state index is 12.4. The maximum atomic E-state index is 12.4. The molecule has 2 N–H and O–H groups in total. The van der Waals surface area contributed by atoms with Crippen molar-refractivity contribution in [3.63, 3.8) is 0 Å². The van der Waals surface area contributed by atoms with Gasteiger partial charge in [0.15, 0.2) is 0 Å². The molecular weight excluding hydrogens is 278 g/mol. The molecule has 0 spiro atoms. The van der Waals surface area contributed by atoms with Gasteiger partial charge >= 0.3 is 0 Å². The zero-order chi connectivity index (χ0) is 15.3. The minimum atomic E-state index is -3.72. The van der Waals surface area contributed by atoms with Crippen molar-refractivity contribution in [3.05, 3.63) is 23.8 Å². The van der Waals surface area contributed by atoms with Gasteiger partial charge in [0.25, 0.3) is 0 Å². The minimum Gasteiger partial charge on any atom is -0.495 e. The van der Waals surface area contributed by atoms with Crippen molar-refractivity contribution < 1.29 is 18.3 Å². The highest BCUT2D eigenvalue weighted by atomic mass is 32.2. The lowest BCUT2D eigenvalue weighted by Gasteiger charge is -2.17. The Balaban J connectivity index is 3.24. The molecule has 1 rings (SSSR count). The summed E-state index contributed by atoms with van der Waals surface area (Å²) in [6.07, 6.45) is 0.516. The van der Waals surface area contributed by atoms with Gasteiger partial charge in [0.1, 0.15) is 10.6 Å². The number of aliphatic hydroxyl groups excluding tert-OH is 1. The molecule has 1 atom stereocenters. The molecule has 1 aromatic carbocycles. The Bertz CT molecular complexity index is 536. The summed E-state index contributed by atoms with van der Waals surface area (Å²) in [5.41, 5.74) is 0.920. The third-order valence-electron chi connectivity index (χ3n) is 3.18. The van der Waals surface area contributed by atoms with E-state index in [1.807, 2.05) is 26.8 Å². The molecule has 0 heterocycles. The minimum absolute atomic E-state index is 0.109. The molecule has 0 radical (unpaired) electrons. The van der Waals surface area contributed by atoms with Crippen LogP contribution in [0.5, 0.6) is 5.75 Å². The predicted octanol–water partition coefficient (Wildman–Crippen LogP) is 1.87. The van der Waals surface area contributed by atoms with Crippen molar-refractivity contribution in [2.24, 2.45) is 0 Å². The lowest BCUT2D eigenvalue weighted by molar-refractivity contribution is 0.253. The van der Waals surface area contributed by atoms with E-state index < -0.39 is 16.1 Å². The fourth-order valence-electron chi connectivity index (χ4n) is 1.80. The van der Waals surface area contributed by atoms with Gasteiger partial charge in [0.2, 0.25) is 10.0 Å². The molecule has 1 aromatic rings. The van der Waals surface area contributed by atoms with Gasteiger partial charge in [-0.05, 0) is 30.0 Å². The van der Waals surface area contributed by atoms with Crippen molar-refractivity contribution in [3.8, 4) is 5.75 Å². The molecule has 5 nitrogen and oxygen atoms in total. The van der Waals surface area contributed by atoms with E-state index >= 15 is 0 Å². The van der Waals surface area contributed by atoms with Crippen LogP contribution in [-0.2, 0) is 10.0 Å². The summed E-state index contributed by atoms with van der Waals surface area (Å²) in [6, 6.07) is 4.64. The van der Waals surface area contributed by atoms with Crippen molar-refractivity contribution in [2.45, 2.75) is 44.0 Å². The van der Waals surface area contributed by atoms with Crippen LogP contribution in [0.4, 0.5) is 0 Å². The largest absolute Gasteiger partial charge is 0.495 e. The Morgan fingerprint density at radius 2 is 2.00 bits per heavy atom. The molecule has 0 aliphatic rings. The summed E-state index contributed by atoms with van der Waals surface area (Å²) in [5, 5.41) is 9.15. The molecule has 0 aromatic heterocycles. The number of nitrogens with one attached hydrogen (secondary N) is 1. The Morgan fingerprint density at radius 1 is 1.35 bits per heavy atom. The van der Waals surface area contributed by atoms with E-state index in [-0.39, 0.29) is 17.4 Å². The van der Waals surface area contributed by atoms with Crippen LogP contribution in [0.25, 0.3) is 0 Å². The van der Waals surface area contributed by atoms with Gasteiger partial charge in [0.05, 0.1) is 13.7 Å². The van der Waals surface area contributed by atoms with Gasteiger partial charge in [-0.1, -0.05) is 26.8 Å². The smallest absolute Gasteiger partial charge is 0.244 e. The average molecular weight is 301 g/mol. The van der Waals surface area contributed by atoms with Gasteiger partial charge in [0, 0.05) is 6.04 Å². The fourth-order valence-corrected chi connectivity index (χ4v) is 3.31. The van der Waals surface area contributed by atoms with Crippen LogP contribution in [0.1, 0.15) is 38.7 Å². The molecule has 0 saturated heterocycles. The number of hydrogen-bond acceptors (Lipinski definition) is 4. The average Bonchev–Trinajstić information content (AvgIpc) is 2.43. The summed E-state index contributed by atoms with van der Waals surface area (Å²) in [5.74, 6) is 0.518. The first kappa shape index (κ1) is 16.9. The lowest BCUT2D eigenvalue weighted by Crippen LogP contribution is -2.37. The topological polar surface area (TPSA) is 75.6 Å². The van der Waals surface area contributed by atoms with Crippen LogP contribution in [0.3, 0.4) is 0 Å². The fraction of sp³-hybridized carbons (Fsp3) is 0.571. The molecular formula is C14H23NO4S. The van der Waals surface area contributed by atoms with Crippen molar-refractivity contribution >= 4 is 10.0 Å². The van der Waals surface area contributed by atoms with Gasteiger partial charge in [-0.3, -0.25) is 0 Å². The first-order chi connectivity index (χ1) is 9.35. The SMILES string of the molecule is CC[C@H](CO)NS(=O)(=O)c1cc(C(C)C)ccc1OC. The maximum Gasteiger partial charge on any atom is 0.244 e. The predicted molar refractivity (Wildman–Crippen MR) is 78.6 cm³/mol. The van der Waals surface area contributed by atoms with Crippen LogP contribution in [0, 0.1) is 0 Å². The van der Waals surface area contributed by atoms with Crippen LogP contribution in [0.15, 0.2) is 23.1 Å². The molecule has 20 heavy (non-hydrogen) atoms. The zero-order valence-electron chi connectivity index (χ0n) is 12.4. The van der Waals surface area contributed by atoms with E-state index in [1.54, 1.807) is 12.1 Å². The van der Waals surface area contributed by atoms with Crippen molar-refractivity contribution in [2.75, 3.05) is 13.7 Å². The standard InChI is InChI=1S/C14H23NO4S/c1-5-12(9-16)15-20(17,18)14-8-11(10(2)3)6-7-13(14)19-4/h6-8,10,12,15-16H,5,9H2,1-4H3/t12-/m1/s1. The first-order valence-electron chi connectivity index (χ1n) is 6.66.